The lowest BCUT2D eigenvalue weighted by molar-refractivity contribution is 0.142. The Bertz CT molecular complexity index is 846. The van der Waals surface area contributed by atoms with Crippen molar-refractivity contribution < 1.29 is 9.53 Å². The van der Waals surface area contributed by atoms with Gasteiger partial charge in [-0.1, -0.05) is 18.2 Å². The molecular formula is C21H24ClN3O2S. The Balaban J connectivity index is 1.33. The first-order chi connectivity index (χ1) is 13.6. The predicted octanol–water partition coefficient (Wildman–Crippen LogP) is 4.98. The van der Waals surface area contributed by atoms with Gasteiger partial charge in [0, 0.05) is 30.2 Å². The number of benzene rings is 1. The van der Waals surface area contributed by atoms with E-state index < -0.39 is 0 Å². The van der Waals surface area contributed by atoms with Crippen molar-refractivity contribution >= 4 is 46.1 Å². The molecule has 1 aromatic carbocycles. The molecule has 0 radical (unpaired) electrons. The quantitative estimate of drug-likeness (QED) is 0.720. The molecule has 4 rings (SSSR count). The fourth-order valence-electron chi connectivity index (χ4n) is 3.63. The number of nitrogens with zero attached hydrogens (tertiary/aromatic N) is 2. The van der Waals surface area contributed by atoms with Crippen LogP contribution in [-0.4, -0.2) is 38.4 Å². The van der Waals surface area contributed by atoms with Crippen LogP contribution in [-0.2, 0) is 4.74 Å². The summed E-state index contributed by atoms with van der Waals surface area (Å²) in [6.07, 6.45) is 3.29. The average molecular weight is 418 g/mol. The van der Waals surface area contributed by atoms with E-state index in [0.717, 1.165) is 33.7 Å². The number of rotatable bonds is 6. The fraction of sp³-hybridized carbons (Fsp3) is 0.381. The number of carbonyl (C=O) groups excluding carboxylic acids is 1. The Labute approximate surface area is 174 Å². The second kappa shape index (κ2) is 8.45. The highest BCUT2D eigenvalue weighted by atomic mass is 35.5. The number of halogens is 1. The van der Waals surface area contributed by atoms with E-state index >= 15 is 0 Å². The lowest BCUT2D eigenvalue weighted by Crippen LogP contribution is -2.30. The lowest BCUT2D eigenvalue weighted by atomic mass is 10.1. The summed E-state index contributed by atoms with van der Waals surface area (Å²) >= 11 is 7.44. The van der Waals surface area contributed by atoms with Gasteiger partial charge in [-0.25, -0.2) is 4.79 Å². The monoisotopic (exact) mass is 417 g/mol. The summed E-state index contributed by atoms with van der Waals surface area (Å²) in [6, 6.07) is 12.0. The topological polar surface area (TPSA) is 44.8 Å². The second-order valence-electron chi connectivity index (χ2n) is 7.14. The van der Waals surface area contributed by atoms with Gasteiger partial charge in [0.2, 0.25) is 0 Å². The fourth-order valence-corrected chi connectivity index (χ4v) is 4.62. The Hall–Kier alpha value is -2.18. The Morgan fingerprint density at radius 1 is 1.14 bits per heavy atom. The van der Waals surface area contributed by atoms with Crippen LogP contribution >= 0.6 is 22.9 Å². The van der Waals surface area contributed by atoms with E-state index in [-0.39, 0.29) is 12.2 Å². The third kappa shape index (κ3) is 4.28. The molecule has 0 unspecified atom stereocenters. The normalized spacial score (nSPS) is 19.6. The third-order valence-corrected chi connectivity index (χ3v) is 6.46. The first kappa shape index (κ1) is 19.2. The van der Waals surface area contributed by atoms with Gasteiger partial charge in [0.05, 0.1) is 22.3 Å². The third-order valence-electron chi connectivity index (χ3n) is 5.17. The minimum Gasteiger partial charge on any atom is -0.442 e. The summed E-state index contributed by atoms with van der Waals surface area (Å²) in [6.45, 7) is 7.29. The van der Waals surface area contributed by atoms with Crippen molar-refractivity contribution in [1.29, 1.82) is 0 Å². The van der Waals surface area contributed by atoms with E-state index in [1.165, 1.54) is 36.3 Å². The molecule has 7 heteroatoms. The van der Waals surface area contributed by atoms with Crippen LogP contribution in [0.25, 0.3) is 5.70 Å². The van der Waals surface area contributed by atoms with Crippen LogP contribution < -0.4 is 15.1 Å². The summed E-state index contributed by atoms with van der Waals surface area (Å²) < 4.78 is 6.24. The largest absolute Gasteiger partial charge is 0.442 e. The minimum absolute atomic E-state index is 0.221. The molecule has 2 fully saturated rings. The zero-order valence-electron chi connectivity index (χ0n) is 15.7. The molecule has 148 valence electrons. The number of nitrogens with one attached hydrogen (secondary N) is 1. The predicted molar refractivity (Wildman–Crippen MR) is 116 cm³/mol. The molecule has 2 saturated heterocycles. The number of cyclic esters (lactones) is 1. The SMILES string of the molecule is C=C(NC[C@H]1CN(c2ccc(N3CCCCC3)cc2)C(=O)O1)c1ccc(Cl)s1. The highest BCUT2D eigenvalue weighted by Gasteiger charge is 2.32. The Morgan fingerprint density at radius 2 is 1.86 bits per heavy atom. The molecule has 0 aliphatic carbocycles. The van der Waals surface area contributed by atoms with Crippen molar-refractivity contribution in [2.24, 2.45) is 0 Å². The van der Waals surface area contributed by atoms with E-state index in [9.17, 15) is 4.79 Å². The summed E-state index contributed by atoms with van der Waals surface area (Å²) in [5.41, 5.74) is 2.88. The van der Waals surface area contributed by atoms with Crippen LogP contribution in [0, 0.1) is 0 Å². The van der Waals surface area contributed by atoms with Crippen molar-refractivity contribution in [2.75, 3.05) is 36.0 Å². The number of piperidine rings is 1. The van der Waals surface area contributed by atoms with Gasteiger partial charge in [0.15, 0.2) is 0 Å². The molecule has 0 saturated carbocycles. The molecule has 1 N–H and O–H groups in total. The molecule has 28 heavy (non-hydrogen) atoms. The number of hydrogen-bond donors (Lipinski definition) is 1. The van der Waals surface area contributed by atoms with E-state index in [1.54, 1.807) is 4.90 Å². The number of amides is 1. The van der Waals surface area contributed by atoms with Crippen molar-refractivity contribution in [3.05, 3.63) is 52.2 Å². The minimum atomic E-state index is -0.303. The van der Waals surface area contributed by atoms with Gasteiger partial charge in [-0.2, -0.15) is 0 Å². The van der Waals surface area contributed by atoms with Gasteiger partial charge in [0.25, 0.3) is 0 Å². The van der Waals surface area contributed by atoms with Crippen molar-refractivity contribution in [3.8, 4) is 0 Å². The number of thiophene rings is 1. The van der Waals surface area contributed by atoms with E-state index in [0.29, 0.717) is 13.1 Å². The second-order valence-corrected chi connectivity index (χ2v) is 8.86. The molecular weight excluding hydrogens is 394 g/mol. The first-order valence-corrected chi connectivity index (χ1v) is 10.8. The number of carbonyl (C=O) groups is 1. The summed E-state index contributed by atoms with van der Waals surface area (Å²) in [5, 5.41) is 3.25. The van der Waals surface area contributed by atoms with Crippen molar-refractivity contribution in [3.63, 3.8) is 0 Å². The summed E-state index contributed by atoms with van der Waals surface area (Å²) in [5.74, 6) is 0. The van der Waals surface area contributed by atoms with Crippen LogP contribution in [0.1, 0.15) is 24.1 Å². The Kier molecular flexibility index (Phi) is 5.78. The molecule has 2 aliphatic heterocycles. The van der Waals surface area contributed by atoms with Gasteiger partial charge in [-0.05, 0) is 55.7 Å². The number of ether oxygens (including phenoxy) is 1. The van der Waals surface area contributed by atoms with Gasteiger partial charge >= 0.3 is 6.09 Å². The standard InChI is InChI=1S/C21H24ClN3O2S/c1-15(19-9-10-20(22)28-19)23-13-18-14-25(21(26)27-18)17-7-5-16(6-8-17)24-11-3-2-4-12-24/h5-10,18,23H,1-4,11-14H2/t18-/m0/s1. The van der Waals surface area contributed by atoms with Crippen LogP contribution in [0.15, 0.2) is 43.0 Å². The molecule has 2 aliphatic rings. The van der Waals surface area contributed by atoms with Gasteiger partial charge in [-0.15, -0.1) is 11.3 Å². The van der Waals surface area contributed by atoms with E-state index in [4.69, 9.17) is 16.3 Å². The maximum absolute atomic E-state index is 12.3. The first-order valence-electron chi connectivity index (χ1n) is 9.62. The molecule has 1 aromatic heterocycles. The molecule has 1 amide bonds. The van der Waals surface area contributed by atoms with Crippen molar-refractivity contribution in [2.45, 2.75) is 25.4 Å². The van der Waals surface area contributed by atoms with Gasteiger partial charge in [-0.3, -0.25) is 4.90 Å². The highest BCUT2D eigenvalue weighted by Crippen LogP contribution is 2.28. The zero-order valence-corrected chi connectivity index (χ0v) is 17.3. The van der Waals surface area contributed by atoms with Gasteiger partial charge < -0.3 is 15.0 Å². The molecule has 0 spiro atoms. The van der Waals surface area contributed by atoms with Gasteiger partial charge in [0.1, 0.15) is 6.10 Å². The number of hydrogen-bond acceptors (Lipinski definition) is 5. The summed E-state index contributed by atoms with van der Waals surface area (Å²) in [4.78, 5) is 17.4. The molecule has 2 aromatic rings. The van der Waals surface area contributed by atoms with Crippen LogP contribution in [0.5, 0.6) is 0 Å². The Morgan fingerprint density at radius 3 is 2.54 bits per heavy atom. The molecule has 0 bridgehead atoms. The maximum Gasteiger partial charge on any atom is 0.414 e. The summed E-state index contributed by atoms with van der Waals surface area (Å²) in [7, 11) is 0. The lowest BCUT2D eigenvalue weighted by Gasteiger charge is -2.29. The highest BCUT2D eigenvalue weighted by molar-refractivity contribution is 7.17. The van der Waals surface area contributed by atoms with Crippen LogP contribution in [0.3, 0.4) is 0 Å². The van der Waals surface area contributed by atoms with Crippen LogP contribution in [0.4, 0.5) is 16.2 Å². The smallest absolute Gasteiger partial charge is 0.414 e. The molecule has 5 nitrogen and oxygen atoms in total. The van der Waals surface area contributed by atoms with Crippen molar-refractivity contribution in [1.82, 2.24) is 5.32 Å². The number of anilines is 2. The zero-order chi connectivity index (χ0) is 19.5. The average Bonchev–Trinajstić information content (AvgIpc) is 3.32. The maximum atomic E-state index is 12.3. The molecule has 3 heterocycles. The van der Waals surface area contributed by atoms with Crippen LogP contribution in [0.2, 0.25) is 4.34 Å². The van der Waals surface area contributed by atoms with E-state index in [1.807, 2.05) is 24.3 Å². The molecule has 1 atom stereocenters. The van der Waals surface area contributed by atoms with E-state index in [2.05, 4.69) is 28.9 Å².